The predicted molar refractivity (Wildman–Crippen MR) is 32.8 cm³/mol. The molecule has 0 unspecified atom stereocenters. The first-order valence-corrected chi connectivity index (χ1v) is 2.42. The molecule has 0 aromatic heterocycles. The SMILES string of the molecule is C=CCCC(C)=N. The minimum atomic E-state index is 0.736. The van der Waals surface area contributed by atoms with Crippen LogP contribution in [0.5, 0.6) is 0 Å². The molecule has 0 aromatic carbocycles. The van der Waals surface area contributed by atoms with Gasteiger partial charge < -0.3 is 5.41 Å². The minimum Gasteiger partial charge on any atom is -0.310 e. The van der Waals surface area contributed by atoms with E-state index in [0.717, 1.165) is 18.6 Å². The molecule has 0 rings (SSSR count). The van der Waals surface area contributed by atoms with Crippen molar-refractivity contribution in [2.45, 2.75) is 19.8 Å². The van der Waals surface area contributed by atoms with E-state index in [1.54, 1.807) is 0 Å². The molecule has 7 heavy (non-hydrogen) atoms. The van der Waals surface area contributed by atoms with Gasteiger partial charge in [-0.25, -0.2) is 0 Å². The molecule has 0 amide bonds. The predicted octanol–water partition coefficient (Wildman–Crippen LogP) is 1.99. The van der Waals surface area contributed by atoms with Gasteiger partial charge >= 0.3 is 0 Å². The summed E-state index contributed by atoms with van der Waals surface area (Å²) in [6.07, 6.45) is 3.64. The fourth-order valence-corrected chi connectivity index (χ4v) is 0.319. The fourth-order valence-electron chi connectivity index (χ4n) is 0.319. The lowest BCUT2D eigenvalue weighted by molar-refractivity contribution is 1.08. The molecule has 0 aliphatic carbocycles. The van der Waals surface area contributed by atoms with Crippen molar-refractivity contribution in [2.24, 2.45) is 0 Å². The highest BCUT2D eigenvalue weighted by Gasteiger charge is 1.80. The Balaban J connectivity index is 2.97. The maximum Gasteiger partial charge on any atom is 0.00613 e. The van der Waals surface area contributed by atoms with Gasteiger partial charge in [-0.15, -0.1) is 6.58 Å². The van der Waals surface area contributed by atoms with E-state index < -0.39 is 0 Å². The highest BCUT2D eigenvalue weighted by atomic mass is 14.4. The van der Waals surface area contributed by atoms with Gasteiger partial charge in [0.1, 0.15) is 0 Å². The quantitative estimate of drug-likeness (QED) is 0.411. The maximum atomic E-state index is 6.95. The zero-order chi connectivity index (χ0) is 5.70. The van der Waals surface area contributed by atoms with Crippen molar-refractivity contribution in [1.82, 2.24) is 0 Å². The Hall–Kier alpha value is -0.590. The highest BCUT2D eigenvalue weighted by molar-refractivity contribution is 5.78. The third kappa shape index (κ3) is 5.41. The van der Waals surface area contributed by atoms with Crippen LogP contribution in [0.15, 0.2) is 12.7 Å². The molecule has 0 bridgehead atoms. The summed E-state index contributed by atoms with van der Waals surface area (Å²) in [5, 5.41) is 6.95. The molecule has 0 atom stereocenters. The summed E-state index contributed by atoms with van der Waals surface area (Å²) in [7, 11) is 0. The molecule has 0 heterocycles. The summed E-state index contributed by atoms with van der Waals surface area (Å²) >= 11 is 0. The maximum absolute atomic E-state index is 6.95. The molecule has 40 valence electrons. The van der Waals surface area contributed by atoms with E-state index >= 15 is 0 Å². The number of hydrogen-bond acceptors (Lipinski definition) is 1. The molecular formula is C6H11N. The Morgan fingerprint density at radius 3 is 2.57 bits per heavy atom. The van der Waals surface area contributed by atoms with E-state index in [9.17, 15) is 0 Å². The molecule has 0 radical (unpaired) electrons. The van der Waals surface area contributed by atoms with E-state index in [0.29, 0.717) is 0 Å². The van der Waals surface area contributed by atoms with Gasteiger partial charge in [-0.3, -0.25) is 0 Å². The lowest BCUT2D eigenvalue weighted by Gasteiger charge is -1.86. The third-order valence-corrected chi connectivity index (χ3v) is 0.723. The highest BCUT2D eigenvalue weighted by Crippen LogP contribution is 1.88. The van der Waals surface area contributed by atoms with E-state index in [-0.39, 0.29) is 0 Å². The van der Waals surface area contributed by atoms with Gasteiger partial charge in [-0.1, -0.05) is 6.08 Å². The molecule has 0 spiro atoms. The average molecular weight is 97.2 g/mol. The van der Waals surface area contributed by atoms with Crippen LogP contribution in [-0.4, -0.2) is 5.71 Å². The van der Waals surface area contributed by atoms with Gasteiger partial charge in [0.15, 0.2) is 0 Å². The number of nitrogens with one attached hydrogen (secondary N) is 1. The molecule has 0 aromatic rings. The number of allylic oxidation sites excluding steroid dienone is 1. The Bertz CT molecular complexity index is 74.2. The summed E-state index contributed by atoms with van der Waals surface area (Å²) in [4.78, 5) is 0. The van der Waals surface area contributed by atoms with Crippen molar-refractivity contribution < 1.29 is 0 Å². The van der Waals surface area contributed by atoms with E-state index in [4.69, 9.17) is 5.41 Å². The second kappa shape index (κ2) is 3.59. The standard InChI is InChI=1S/C6H11N/c1-3-4-5-6(2)7/h3,7H,1,4-5H2,2H3. The average Bonchev–Trinajstić information content (AvgIpc) is 1.61. The zero-order valence-corrected chi connectivity index (χ0v) is 4.70. The first kappa shape index (κ1) is 6.41. The first-order chi connectivity index (χ1) is 3.27. The first-order valence-electron chi connectivity index (χ1n) is 2.42. The summed E-state index contributed by atoms with van der Waals surface area (Å²) in [6, 6.07) is 0. The van der Waals surface area contributed by atoms with Crippen LogP contribution in [0.1, 0.15) is 19.8 Å². The summed E-state index contributed by atoms with van der Waals surface area (Å²) in [6.45, 7) is 5.34. The topological polar surface area (TPSA) is 23.9 Å². The smallest absolute Gasteiger partial charge is 0.00613 e. The fraction of sp³-hybridized carbons (Fsp3) is 0.500. The monoisotopic (exact) mass is 97.1 g/mol. The van der Waals surface area contributed by atoms with Crippen molar-refractivity contribution in [3.05, 3.63) is 12.7 Å². The largest absolute Gasteiger partial charge is 0.310 e. The molecule has 0 saturated carbocycles. The van der Waals surface area contributed by atoms with Crippen molar-refractivity contribution in [3.8, 4) is 0 Å². The molecular weight excluding hydrogens is 86.1 g/mol. The van der Waals surface area contributed by atoms with Crippen LogP contribution >= 0.6 is 0 Å². The Kier molecular flexibility index (Phi) is 3.29. The Morgan fingerprint density at radius 2 is 2.43 bits per heavy atom. The molecule has 0 aliphatic heterocycles. The van der Waals surface area contributed by atoms with E-state index in [1.807, 2.05) is 13.0 Å². The molecule has 0 aliphatic rings. The molecule has 1 heteroatoms. The van der Waals surface area contributed by atoms with Crippen LogP contribution in [0.4, 0.5) is 0 Å². The normalized spacial score (nSPS) is 8.14. The number of hydrogen-bond donors (Lipinski definition) is 1. The molecule has 1 nitrogen and oxygen atoms in total. The van der Waals surface area contributed by atoms with Crippen molar-refractivity contribution in [3.63, 3.8) is 0 Å². The lowest BCUT2D eigenvalue weighted by Crippen LogP contribution is -1.83. The summed E-state index contributed by atoms with van der Waals surface area (Å²) in [5.41, 5.74) is 0.736. The van der Waals surface area contributed by atoms with Crippen LogP contribution in [0.3, 0.4) is 0 Å². The van der Waals surface area contributed by atoms with Gasteiger partial charge in [0.2, 0.25) is 0 Å². The molecule has 0 saturated heterocycles. The minimum absolute atomic E-state index is 0.736. The Morgan fingerprint density at radius 1 is 1.86 bits per heavy atom. The van der Waals surface area contributed by atoms with Crippen molar-refractivity contribution >= 4 is 5.71 Å². The van der Waals surface area contributed by atoms with Gasteiger partial charge in [-0.2, -0.15) is 0 Å². The van der Waals surface area contributed by atoms with Gasteiger partial charge in [0.25, 0.3) is 0 Å². The van der Waals surface area contributed by atoms with Gasteiger partial charge in [0.05, 0.1) is 0 Å². The Labute approximate surface area is 44.6 Å². The second-order valence-electron chi connectivity index (χ2n) is 1.61. The van der Waals surface area contributed by atoms with Crippen LogP contribution in [-0.2, 0) is 0 Å². The van der Waals surface area contributed by atoms with Crippen LogP contribution in [0.25, 0.3) is 0 Å². The molecule has 1 N–H and O–H groups in total. The zero-order valence-electron chi connectivity index (χ0n) is 4.70. The van der Waals surface area contributed by atoms with Crippen LogP contribution < -0.4 is 0 Å². The number of rotatable bonds is 3. The second-order valence-corrected chi connectivity index (χ2v) is 1.61. The lowest BCUT2D eigenvalue weighted by atomic mass is 10.2. The summed E-state index contributed by atoms with van der Waals surface area (Å²) in [5.74, 6) is 0. The molecule has 0 fully saturated rings. The van der Waals surface area contributed by atoms with E-state index in [1.165, 1.54) is 0 Å². The van der Waals surface area contributed by atoms with Gasteiger partial charge in [-0.05, 0) is 19.8 Å². The van der Waals surface area contributed by atoms with Crippen LogP contribution in [0.2, 0.25) is 0 Å². The van der Waals surface area contributed by atoms with Crippen molar-refractivity contribution in [2.75, 3.05) is 0 Å². The third-order valence-electron chi connectivity index (χ3n) is 0.723. The van der Waals surface area contributed by atoms with Crippen molar-refractivity contribution in [1.29, 1.82) is 5.41 Å². The van der Waals surface area contributed by atoms with Crippen LogP contribution in [0, 0.1) is 5.41 Å². The van der Waals surface area contributed by atoms with Gasteiger partial charge in [0, 0.05) is 5.71 Å². The van der Waals surface area contributed by atoms with E-state index in [2.05, 4.69) is 6.58 Å². The summed E-state index contributed by atoms with van der Waals surface area (Å²) < 4.78 is 0.